The molecule has 0 spiro atoms. The Morgan fingerprint density at radius 1 is 1.06 bits per heavy atom. The van der Waals surface area contributed by atoms with Gasteiger partial charge in [-0.1, -0.05) is 50.6 Å². The lowest BCUT2D eigenvalue weighted by atomic mass is 9.96. The van der Waals surface area contributed by atoms with Crippen LogP contribution in [0.2, 0.25) is 0 Å². The Bertz CT molecular complexity index is 806. The monoisotopic (exact) mass is 463 g/mol. The fraction of sp³-hybridized carbons (Fsp3) is 0.583. The van der Waals surface area contributed by atoms with E-state index in [1.165, 1.54) is 0 Å². The first-order valence-corrected chi connectivity index (χ1v) is 11.2. The van der Waals surface area contributed by atoms with Crippen LogP contribution in [0.3, 0.4) is 0 Å². The van der Waals surface area contributed by atoms with Crippen LogP contribution in [0.15, 0.2) is 30.3 Å². The highest BCUT2D eigenvalue weighted by Gasteiger charge is 2.33. The van der Waals surface area contributed by atoms with Crippen LogP contribution < -0.4 is 16.4 Å². The van der Waals surface area contributed by atoms with Crippen LogP contribution in [0.5, 0.6) is 0 Å². The molecule has 0 bridgehead atoms. The number of carboxylic acid groups (broad SMARTS) is 1. The lowest BCUT2D eigenvalue weighted by Gasteiger charge is -2.29. The van der Waals surface area contributed by atoms with Crippen molar-refractivity contribution in [1.82, 2.24) is 10.6 Å². The van der Waals surface area contributed by atoms with Gasteiger partial charge in [-0.2, -0.15) is 0 Å². The van der Waals surface area contributed by atoms with Gasteiger partial charge in [0.05, 0.1) is 6.04 Å². The van der Waals surface area contributed by atoms with E-state index in [0.29, 0.717) is 6.42 Å². The van der Waals surface area contributed by atoms with Crippen molar-refractivity contribution in [3.8, 4) is 0 Å². The minimum Gasteiger partial charge on any atom is -0.481 e. The summed E-state index contributed by atoms with van der Waals surface area (Å²) in [6.07, 6.45) is 0.496. The summed E-state index contributed by atoms with van der Waals surface area (Å²) in [5.41, 5.74) is 5.90. The van der Waals surface area contributed by atoms with Gasteiger partial charge >= 0.3 is 11.9 Å². The highest BCUT2D eigenvalue weighted by molar-refractivity contribution is 5.92. The molecule has 184 valence electrons. The minimum absolute atomic E-state index is 0.0510. The van der Waals surface area contributed by atoms with Crippen molar-refractivity contribution in [2.24, 2.45) is 11.7 Å². The summed E-state index contributed by atoms with van der Waals surface area (Å²) >= 11 is 0. The molecule has 1 aromatic rings. The molecule has 9 heteroatoms. The molecular weight excluding hydrogens is 426 g/mol. The number of hydrogen-bond acceptors (Lipinski definition) is 6. The number of aliphatic carboxylic acids is 1. The molecule has 0 heterocycles. The molecule has 1 aromatic carbocycles. The van der Waals surface area contributed by atoms with E-state index in [-0.39, 0.29) is 25.2 Å². The largest absolute Gasteiger partial charge is 0.481 e. The van der Waals surface area contributed by atoms with E-state index in [1.807, 2.05) is 37.3 Å². The second kappa shape index (κ2) is 12.9. The number of carboxylic acids is 1. The third-order valence-corrected chi connectivity index (χ3v) is 5.09. The Morgan fingerprint density at radius 2 is 1.67 bits per heavy atom. The summed E-state index contributed by atoms with van der Waals surface area (Å²) in [7, 11) is 0. The molecule has 0 aliphatic rings. The third-order valence-electron chi connectivity index (χ3n) is 5.09. The topological polar surface area (TPSA) is 148 Å². The molecule has 2 amide bonds. The van der Waals surface area contributed by atoms with Gasteiger partial charge in [-0.05, 0) is 38.7 Å². The van der Waals surface area contributed by atoms with E-state index in [9.17, 15) is 19.2 Å². The Balaban J connectivity index is 3.02. The van der Waals surface area contributed by atoms with Gasteiger partial charge in [-0.3, -0.25) is 14.4 Å². The van der Waals surface area contributed by atoms with Crippen molar-refractivity contribution in [2.45, 2.75) is 84.0 Å². The standard InChI is InChI=1S/C24H37N3O6/c1-6-15(2)20(27-21(30)17(25)12-13-19(28)29)22(31)26-18(23(32)33-24(3,4)5)14-16-10-8-7-9-11-16/h7-11,15,17-18,20H,6,12-14,25H2,1-5H3,(H,26,31)(H,27,30)(H,28,29)/t15-,17-,18-,20-/m0/s1. The van der Waals surface area contributed by atoms with Gasteiger partial charge in [0.15, 0.2) is 0 Å². The van der Waals surface area contributed by atoms with E-state index in [4.69, 9.17) is 15.6 Å². The maximum atomic E-state index is 13.2. The minimum atomic E-state index is -1.06. The van der Waals surface area contributed by atoms with Gasteiger partial charge in [0, 0.05) is 12.8 Å². The molecule has 0 saturated carbocycles. The predicted molar refractivity (Wildman–Crippen MR) is 124 cm³/mol. The molecule has 1 rings (SSSR count). The van der Waals surface area contributed by atoms with Gasteiger partial charge in [0.2, 0.25) is 11.8 Å². The molecule has 0 aromatic heterocycles. The van der Waals surface area contributed by atoms with E-state index >= 15 is 0 Å². The fourth-order valence-electron chi connectivity index (χ4n) is 3.05. The predicted octanol–water partition coefficient (Wildman–Crippen LogP) is 1.78. The molecule has 0 aliphatic carbocycles. The molecule has 33 heavy (non-hydrogen) atoms. The summed E-state index contributed by atoms with van der Waals surface area (Å²) < 4.78 is 5.50. The number of nitrogens with two attached hydrogens (primary N) is 1. The first-order valence-electron chi connectivity index (χ1n) is 11.2. The molecule has 0 unspecified atom stereocenters. The zero-order chi connectivity index (χ0) is 25.2. The third kappa shape index (κ3) is 10.5. The van der Waals surface area contributed by atoms with E-state index < -0.39 is 47.5 Å². The first kappa shape index (κ1) is 28.1. The molecule has 0 saturated heterocycles. The number of esters is 1. The Morgan fingerprint density at radius 3 is 2.18 bits per heavy atom. The maximum Gasteiger partial charge on any atom is 0.329 e. The van der Waals surface area contributed by atoms with Crippen molar-refractivity contribution in [3.63, 3.8) is 0 Å². The SMILES string of the molecule is CC[C@H](C)[C@H](NC(=O)[C@@H](N)CCC(=O)O)C(=O)N[C@@H](Cc1ccccc1)C(=O)OC(C)(C)C. The average molecular weight is 464 g/mol. The second-order valence-electron chi connectivity index (χ2n) is 9.20. The summed E-state index contributed by atoms with van der Waals surface area (Å²) in [4.78, 5) is 49.2. The second-order valence-corrected chi connectivity index (χ2v) is 9.20. The smallest absolute Gasteiger partial charge is 0.329 e. The van der Waals surface area contributed by atoms with Gasteiger partial charge in [-0.15, -0.1) is 0 Å². The highest BCUT2D eigenvalue weighted by Crippen LogP contribution is 2.14. The van der Waals surface area contributed by atoms with Crippen molar-refractivity contribution in [2.75, 3.05) is 0 Å². The number of carbonyl (C=O) groups is 4. The summed E-state index contributed by atoms with van der Waals surface area (Å²) in [5, 5.41) is 14.2. The lowest BCUT2D eigenvalue weighted by molar-refractivity contribution is -0.158. The number of amides is 2. The number of rotatable bonds is 12. The molecule has 9 nitrogen and oxygen atoms in total. The van der Waals surface area contributed by atoms with Gasteiger partial charge < -0.3 is 26.2 Å². The number of carbonyl (C=O) groups excluding carboxylic acids is 3. The van der Waals surface area contributed by atoms with Crippen molar-refractivity contribution in [3.05, 3.63) is 35.9 Å². The molecule has 5 N–H and O–H groups in total. The van der Waals surface area contributed by atoms with Crippen molar-refractivity contribution >= 4 is 23.8 Å². The summed E-state index contributed by atoms with van der Waals surface area (Å²) in [5.74, 6) is -3.04. The number of hydrogen-bond donors (Lipinski definition) is 4. The van der Waals surface area contributed by atoms with E-state index in [2.05, 4.69) is 10.6 Å². The highest BCUT2D eigenvalue weighted by atomic mass is 16.6. The van der Waals surface area contributed by atoms with E-state index in [0.717, 1.165) is 5.56 Å². The van der Waals surface area contributed by atoms with Crippen molar-refractivity contribution < 1.29 is 29.0 Å². The average Bonchev–Trinajstić information content (AvgIpc) is 2.73. The summed E-state index contributed by atoms with van der Waals surface area (Å²) in [6.45, 7) is 8.90. The maximum absolute atomic E-state index is 13.2. The lowest BCUT2D eigenvalue weighted by Crippen LogP contribution is -2.57. The quantitative estimate of drug-likeness (QED) is 0.345. The van der Waals surface area contributed by atoms with Crippen molar-refractivity contribution in [1.29, 1.82) is 0 Å². The Kier molecular flexibility index (Phi) is 11.0. The van der Waals surface area contributed by atoms with Gasteiger partial charge in [0.1, 0.15) is 17.7 Å². The molecular formula is C24H37N3O6. The first-order chi connectivity index (χ1) is 15.3. The van der Waals surface area contributed by atoms with Crippen LogP contribution >= 0.6 is 0 Å². The fourth-order valence-corrected chi connectivity index (χ4v) is 3.05. The van der Waals surface area contributed by atoms with Crippen LogP contribution in [-0.2, 0) is 30.3 Å². The van der Waals surface area contributed by atoms with Crippen LogP contribution in [0, 0.1) is 5.92 Å². The molecule has 0 radical (unpaired) electrons. The van der Waals surface area contributed by atoms with Gasteiger partial charge in [-0.25, -0.2) is 4.79 Å². The Hall–Kier alpha value is -2.94. The van der Waals surface area contributed by atoms with Crippen LogP contribution in [0.1, 0.15) is 59.4 Å². The number of benzene rings is 1. The van der Waals surface area contributed by atoms with Gasteiger partial charge in [0.25, 0.3) is 0 Å². The summed E-state index contributed by atoms with van der Waals surface area (Å²) in [6, 6.07) is 6.26. The zero-order valence-corrected chi connectivity index (χ0v) is 20.1. The Labute approximate surface area is 195 Å². The molecule has 0 fully saturated rings. The molecule has 0 aliphatic heterocycles. The number of ether oxygens (including phenoxy) is 1. The van der Waals surface area contributed by atoms with E-state index in [1.54, 1.807) is 27.7 Å². The van der Waals surface area contributed by atoms with Crippen LogP contribution in [0.4, 0.5) is 0 Å². The van der Waals surface area contributed by atoms with Crippen LogP contribution in [-0.4, -0.2) is 52.6 Å². The molecule has 4 atom stereocenters. The number of nitrogens with one attached hydrogen (secondary N) is 2. The van der Waals surface area contributed by atoms with Crippen LogP contribution in [0.25, 0.3) is 0 Å². The zero-order valence-electron chi connectivity index (χ0n) is 20.1. The normalized spacial score (nSPS) is 15.0.